The van der Waals surface area contributed by atoms with E-state index in [1.165, 1.54) is 5.56 Å². The highest BCUT2D eigenvalue weighted by molar-refractivity contribution is 5.37. The third-order valence-corrected chi connectivity index (χ3v) is 2.11. The summed E-state index contributed by atoms with van der Waals surface area (Å²) in [6.45, 7) is 7.80. The minimum Gasteiger partial charge on any atom is -0.378 e. The molecule has 0 aliphatic rings. The Bertz CT molecular complexity index is 382. The van der Waals surface area contributed by atoms with Crippen LogP contribution in [0.5, 0.6) is 0 Å². The molecule has 1 aromatic rings. The largest absolute Gasteiger partial charge is 0.378 e. The Morgan fingerprint density at radius 3 is 2.19 bits per heavy atom. The molecule has 1 aromatic carbocycles. The second kappa shape index (κ2) is 5.18. The molecular weight excluding hydrogens is 196 g/mol. The lowest BCUT2D eigenvalue weighted by atomic mass is 10.0. The predicted molar refractivity (Wildman–Crippen MR) is 68.2 cm³/mol. The van der Waals surface area contributed by atoms with E-state index in [1.807, 2.05) is 12.1 Å². The van der Waals surface area contributed by atoms with Crippen molar-refractivity contribution in [2.24, 2.45) is 5.92 Å². The first-order valence-electron chi connectivity index (χ1n) is 5.71. The van der Waals surface area contributed by atoms with Crippen LogP contribution in [0.2, 0.25) is 0 Å². The maximum absolute atomic E-state index is 9.48. The molecule has 0 saturated heterocycles. The number of aliphatic hydroxyl groups is 1. The van der Waals surface area contributed by atoms with Crippen LogP contribution in [0.3, 0.4) is 0 Å². The summed E-state index contributed by atoms with van der Waals surface area (Å²) in [7, 11) is 0. The van der Waals surface area contributed by atoms with E-state index in [0.717, 1.165) is 12.0 Å². The van der Waals surface area contributed by atoms with Crippen LogP contribution >= 0.6 is 0 Å². The van der Waals surface area contributed by atoms with Crippen molar-refractivity contribution in [3.8, 4) is 11.8 Å². The molecule has 0 amide bonds. The van der Waals surface area contributed by atoms with Crippen LogP contribution in [0.15, 0.2) is 24.3 Å². The fraction of sp³-hybridized carbons (Fsp3) is 0.467. The summed E-state index contributed by atoms with van der Waals surface area (Å²) < 4.78 is 0. The van der Waals surface area contributed by atoms with Crippen LogP contribution in [-0.4, -0.2) is 10.7 Å². The highest BCUT2D eigenvalue weighted by Gasteiger charge is 2.05. The summed E-state index contributed by atoms with van der Waals surface area (Å²) in [5.74, 6) is 6.44. The topological polar surface area (TPSA) is 20.2 Å². The smallest absolute Gasteiger partial charge is 0.120 e. The Balaban J connectivity index is 2.75. The van der Waals surface area contributed by atoms with Crippen LogP contribution in [0.25, 0.3) is 0 Å². The van der Waals surface area contributed by atoms with Gasteiger partial charge in [0.15, 0.2) is 0 Å². The summed E-state index contributed by atoms with van der Waals surface area (Å²) in [5.41, 5.74) is 1.37. The molecule has 0 radical (unpaired) electrons. The molecule has 0 bridgehead atoms. The monoisotopic (exact) mass is 216 g/mol. The third-order valence-electron chi connectivity index (χ3n) is 2.11. The first-order chi connectivity index (χ1) is 7.37. The maximum atomic E-state index is 9.48. The van der Waals surface area contributed by atoms with E-state index in [1.54, 1.807) is 13.8 Å². The molecule has 16 heavy (non-hydrogen) atoms. The van der Waals surface area contributed by atoms with Gasteiger partial charge in [0.1, 0.15) is 5.60 Å². The molecule has 0 atom stereocenters. The fourth-order valence-corrected chi connectivity index (χ4v) is 1.42. The maximum Gasteiger partial charge on any atom is 0.120 e. The van der Waals surface area contributed by atoms with Gasteiger partial charge in [0.2, 0.25) is 0 Å². The van der Waals surface area contributed by atoms with Gasteiger partial charge in [0, 0.05) is 5.56 Å². The van der Waals surface area contributed by atoms with Gasteiger partial charge in [-0.3, -0.25) is 0 Å². The second-order valence-electron chi connectivity index (χ2n) is 5.10. The standard InChI is InChI=1S/C15H20O/c1-12(2)11-14-7-5-13(6-8-14)9-10-15(3,4)16/h5-8,12,16H,11H2,1-4H3. The SMILES string of the molecule is CC(C)Cc1ccc(C#CC(C)(C)O)cc1. The Hall–Kier alpha value is -1.26. The number of benzene rings is 1. The average molecular weight is 216 g/mol. The first-order valence-corrected chi connectivity index (χ1v) is 5.71. The molecule has 0 spiro atoms. The summed E-state index contributed by atoms with van der Waals surface area (Å²) >= 11 is 0. The fourth-order valence-electron chi connectivity index (χ4n) is 1.42. The summed E-state index contributed by atoms with van der Waals surface area (Å²) in [4.78, 5) is 0. The Labute approximate surface area is 98.5 Å². The number of hydrogen-bond acceptors (Lipinski definition) is 1. The van der Waals surface area contributed by atoms with Crippen molar-refractivity contribution >= 4 is 0 Å². The molecule has 0 heterocycles. The van der Waals surface area contributed by atoms with Crippen LogP contribution in [-0.2, 0) is 6.42 Å². The van der Waals surface area contributed by atoms with Gasteiger partial charge in [-0.05, 0) is 43.9 Å². The summed E-state index contributed by atoms with van der Waals surface area (Å²) in [5, 5.41) is 9.48. The van der Waals surface area contributed by atoms with Crippen molar-refractivity contribution in [3.05, 3.63) is 35.4 Å². The molecule has 1 heteroatoms. The van der Waals surface area contributed by atoms with E-state index in [0.29, 0.717) is 5.92 Å². The molecule has 86 valence electrons. The average Bonchev–Trinajstić information content (AvgIpc) is 2.14. The lowest BCUT2D eigenvalue weighted by molar-refractivity contribution is 0.143. The van der Waals surface area contributed by atoms with Crippen LogP contribution in [0, 0.1) is 17.8 Å². The van der Waals surface area contributed by atoms with Crippen molar-refractivity contribution < 1.29 is 5.11 Å². The van der Waals surface area contributed by atoms with Gasteiger partial charge in [0.05, 0.1) is 0 Å². The van der Waals surface area contributed by atoms with Crippen LogP contribution < -0.4 is 0 Å². The summed E-state index contributed by atoms with van der Waals surface area (Å²) in [6, 6.07) is 8.23. The van der Waals surface area contributed by atoms with E-state index in [2.05, 4.69) is 37.8 Å². The highest BCUT2D eigenvalue weighted by Crippen LogP contribution is 2.09. The Morgan fingerprint density at radius 1 is 1.19 bits per heavy atom. The van der Waals surface area contributed by atoms with E-state index < -0.39 is 5.60 Å². The molecule has 0 unspecified atom stereocenters. The van der Waals surface area contributed by atoms with Crippen LogP contribution in [0.1, 0.15) is 38.8 Å². The molecule has 1 rings (SSSR count). The molecule has 0 aromatic heterocycles. The Kier molecular flexibility index (Phi) is 4.15. The normalized spacial score (nSPS) is 11.1. The van der Waals surface area contributed by atoms with Gasteiger partial charge >= 0.3 is 0 Å². The second-order valence-corrected chi connectivity index (χ2v) is 5.10. The molecule has 0 aliphatic carbocycles. The predicted octanol–water partition coefficient (Wildman–Crippen LogP) is 3.01. The quantitative estimate of drug-likeness (QED) is 0.753. The third kappa shape index (κ3) is 5.00. The van der Waals surface area contributed by atoms with E-state index in [-0.39, 0.29) is 0 Å². The zero-order valence-corrected chi connectivity index (χ0v) is 10.5. The Morgan fingerprint density at radius 2 is 1.75 bits per heavy atom. The van der Waals surface area contributed by atoms with Crippen molar-refractivity contribution in [2.75, 3.05) is 0 Å². The van der Waals surface area contributed by atoms with Gasteiger partial charge in [0.25, 0.3) is 0 Å². The lowest BCUT2D eigenvalue weighted by Crippen LogP contribution is -2.14. The van der Waals surface area contributed by atoms with Gasteiger partial charge in [-0.25, -0.2) is 0 Å². The van der Waals surface area contributed by atoms with Gasteiger partial charge in [-0.2, -0.15) is 0 Å². The van der Waals surface area contributed by atoms with Crippen LogP contribution in [0.4, 0.5) is 0 Å². The van der Waals surface area contributed by atoms with Gasteiger partial charge in [-0.15, -0.1) is 0 Å². The minimum atomic E-state index is -0.920. The molecule has 0 fully saturated rings. The van der Waals surface area contributed by atoms with Gasteiger partial charge in [-0.1, -0.05) is 37.8 Å². The first kappa shape index (κ1) is 12.8. The zero-order valence-electron chi connectivity index (χ0n) is 10.5. The van der Waals surface area contributed by atoms with Crippen molar-refractivity contribution in [3.63, 3.8) is 0 Å². The van der Waals surface area contributed by atoms with Gasteiger partial charge < -0.3 is 5.11 Å². The zero-order chi connectivity index (χ0) is 12.2. The molecule has 0 aliphatic heterocycles. The minimum absolute atomic E-state index is 0.674. The summed E-state index contributed by atoms with van der Waals surface area (Å²) in [6.07, 6.45) is 1.10. The molecule has 0 saturated carbocycles. The molecule has 1 N–H and O–H groups in total. The van der Waals surface area contributed by atoms with Crippen molar-refractivity contribution in [2.45, 2.75) is 39.7 Å². The van der Waals surface area contributed by atoms with E-state index in [9.17, 15) is 5.11 Å². The van der Waals surface area contributed by atoms with Crippen molar-refractivity contribution in [1.82, 2.24) is 0 Å². The number of hydrogen-bond donors (Lipinski definition) is 1. The van der Waals surface area contributed by atoms with E-state index in [4.69, 9.17) is 0 Å². The number of rotatable bonds is 2. The lowest BCUT2D eigenvalue weighted by Gasteiger charge is -2.06. The molecule has 1 nitrogen and oxygen atoms in total. The van der Waals surface area contributed by atoms with E-state index >= 15 is 0 Å². The highest BCUT2D eigenvalue weighted by atomic mass is 16.3. The van der Waals surface area contributed by atoms with Crippen molar-refractivity contribution in [1.29, 1.82) is 0 Å². The molecular formula is C15H20O.